The summed E-state index contributed by atoms with van der Waals surface area (Å²) in [6.07, 6.45) is 6.24. The molecule has 22 heavy (non-hydrogen) atoms. The number of unbranched alkanes of at least 4 members (excludes halogenated alkanes) is 5. The Morgan fingerprint density at radius 1 is 1.05 bits per heavy atom. The first kappa shape index (κ1) is 20.8. The average molecular weight is 315 g/mol. The third-order valence-electron chi connectivity index (χ3n) is 3.56. The third-order valence-corrected chi connectivity index (χ3v) is 3.56. The van der Waals surface area contributed by atoms with Gasteiger partial charge in [0.2, 0.25) is 0 Å². The highest BCUT2D eigenvalue weighted by molar-refractivity contribution is 5.72. The Kier molecular flexibility index (Phi) is 11.7. The van der Waals surface area contributed by atoms with Gasteiger partial charge >= 0.3 is 11.9 Å². The Balaban J connectivity index is 4.58. The summed E-state index contributed by atoms with van der Waals surface area (Å²) in [6, 6.07) is 1.77. The van der Waals surface area contributed by atoms with Gasteiger partial charge in [-0.1, -0.05) is 39.0 Å². The van der Waals surface area contributed by atoms with Crippen LogP contribution in [0.3, 0.4) is 0 Å². The Bertz CT molecular complexity index is 328. The minimum atomic E-state index is -1.44. The van der Waals surface area contributed by atoms with E-state index in [0.717, 1.165) is 19.3 Å². The van der Waals surface area contributed by atoms with Gasteiger partial charge in [0, 0.05) is 21.3 Å². The molecule has 0 saturated heterocycles. The molecule has 0 fully saturated rings. The molecule has 0 aromatic heterocycles. The maximum Gasteiger partial charge on any atom is 0.321 e. The van der Waals surface area contributed by atoms with Gasteiger partial charge in [0.05, 0.1) is 6.07 Å². The van der Waals surface area contributed by atoms with E-state index in [1.807, 2.05) is 0 Å². The fourth-order valence-electron chi connectivity index (χ4n) is 2.33. The van der Waals surface area contributed by atoms with E-state index in [0.29, 0.717) is 6.42 Å². The number of carbonyl (C=O) groups excluding carboxylic acids is 1. The van der Waals surface area contributed by atoms with Crippen molar-refractivity contribution in [2.75, 3.05) is 21.3 Å². The molecule has 1 atom stereocenters. The zero-order chi connectivity index (χ0) is 16.8. The summed E-state index contributed by atoms with van der Waals surface area (Å²) in [5, 5.41) is 8.58. The van der Waals surface area contributed by atoms with E-state index in [2.05, 4.69) is 6.92 Å². The smallest absolute Gasteiger partial charge is 0.321 e. The van der Waals surface area contributed by atoms with E-state index >= 15 is 0 Å². The molecule has 0 saturated carbocycles. The van der Waals surface area contributed by atoms with Gasteiger partial charge in [0.25, 0.3) is 0 Å². The second-order valence-corrected chi connectivity index (χ2v) is 5.09. The maximum absolute atomic E-state index is 11.6. The van der Waals surface area contributed by atoms with Crippen molar-refractivity contribution in [2.24, 2.45) is 0 Å². The standard InChI is InChI=1S/C16H29NO5/c1-5-6-7-8-9-10-11-14(22-15(18)12-13-17)16(19-2,20-3)21-4/h14H,5-12H2,1-4H3. The molecule has 0 aromatic carbocycles. The van der Waals surface area contributed by atoms with Crippen molar-refractivity contribution in [3.63, 3.8) is 0 Å². The van der Waals surface area contributed by atoms with Crippen molar-refractivity contribution >= 4 is 5.97 Å². The summed E-state index contributed by atoms with van der Waals surface area (Å²) in [7, 11) is 4.29. The molecule has 0 aliphatic heterocycles. The van der Waals surface area contributed by atoms with Crippen LogP contribution in [0.1, 0.15) is 58.3 Å². The molecule has 0 rings (SSSR count). The SMILES string of the molecule is CCCCCCCCC(OC(=O)CC#N)C(OC)(OC)OC. The monoisotopic (exact) mass is 315 g/mol. The number of carbonyl (C=O) groups is 1. The van der Waals surface area contributed by atoms with Gasteiger partial charge in [-0.2, -0.15) is 5.26 Å². The van der Waals surface area contributed by atoms with E-state index in [1.165, 1.54) is 40.6 Å². The second kappa shape index (κ2) is 12.4. The van der Waals surface area contributed by atoms with E-state index in [9.17, 15) is 4.79 Å². The van der Waals surface area contributed by atoms with Crippen LogP contribution in [0.25, 0.3) is 0 Å². The predicted octanol–water partition coefficient (Wildman–Crippen LogP) is 3.16. The fourth-order valence-corrected chi connectivity index (χ4v) is 2.33. The van der Waals surface area contributed by atoms with Crippen molar-refractivity contribution in [3.8, 4) is 6.07 Å². The van der Waals surface area contributed by atoms with Crippen molar-refractivity contribution < 1.29 is 23.7 Å². The summed E-state index contributed by atoms with van der Waals surface area (Å²) in [5.41, 5.74) is 0. The first-order chi connectivity index (χ1) is 10.6. The summed E-state index contributed by atoms with van der Waals surface area (Å²) in [4.78, 5) is 11.6. The van der Waals surface area contributed by atoms with Crippen molar-refractivity contribution in [2.45, 2.75) is 70.4 Å². The highest BCUT2D eigenvalue weighted by Crippen LogP contribution is 2.26. The van der Waals surface area contributed by atoms with Gasteiger partial charge in [-0.25, -0.2) is 0 Å². The van der Waals surface area contributed by atoms with Gasteiger partial charge in [-0.3, -0.25) is 4.79 Å². The number of methoxy groups -OCH3 is 3. The fraction of sp³-hybridized carbons (Fsp3) is 0.875. The zero-order valence-electron chi connectivity index (χ0n) is 14.2. The van der Waals surface area contributed by atoms with Gasteiger partial charge in [-0.15, -0.1) is 0 Å². The lowest BCUT2D eigenvalue weighted by molar-refractivity contribution is -0.389. The van der Waals surface area contributed by atoms with E-state index < -0.39 is 18.0 Å². The Morgan fingerprint density at radius 2 is 1.59 bits per heavy atom. The van der Waals surface area contributed by atoms with Crippen LogP contribution >= 0.6 is 0 Å². The summed E-state index contributed by atoms with van der Waals surface area (Å²) in [5.74, 6) is -2.04. The van der Waals surface area contributed by atoms with Crippen LogP contribution in [0.4, 0.5) is 0 Å². The highest BCUT2D eigenvalue weighted by Gasteiger charge is 2.42. The van der Waals surface area contributed by atoms with E-state index in [1.54, 1.807) is 6.07 Å². The Morgan fingerprint density at radius 3 is 2.09 bits per heavy atom. The molecule has 0 bridgehead atoms. The number of nitrogens with zero attached hydrogens (tertiary/aromatic N) is 1. The molecule has 0 spiro atoms. The predicted molar refractivity (Wildman–Crippen MR) is 81.9 cm³/mol. The molecule has 128 valence electrons. The molecule has 0 aromatic rings. The number of esters is 1. The summed E-state index contributed by atoms with van der Waals surface area (Å²) >= 11 is 0. The molecular weight excluding hydrogens is 286 g/mol. The summed E-state index contributed by atoms with van der Waals surface area (Å²) in [6.45, 7) is 2.18. The molecule has 0 heterocycles. The van der Waals surface area contributed by atoms with Crippen LogP contribution in [0.2, 0.25) is 0 Å². The minimum absolute atomic E-state index is 0.305. The normalized spacial score (nSPS) is 12.7. The topological polar surface area (TPSA) is 77.8 Å². The van der Waals surface area contributed by atoms with Crippen molar-refractivity contribution in [3.05, 3.63) is 0 Å². The zero-order valence-corrected chi connectivity index (χ0v) is 14.2. The first-order valence-corrected chi connectivity index (χ1v) is 7.82. The van der Waals surface area contributed by atoms with Crippen LogP contribution < -0.4 is 0 Å². The number of hydrogen-bond donors (Lipinski definition) is 0. The second-order valence-electron chi connectivity index (χ2n) is 5.09. The Hall–Kier alpha value is -1.16. The molecule has 0 radical (unpaired) electrons. The van der Waals surface area contributed by atoms with Gasteiger partial charge < -0.3 is 18.9 Å². The average Bonchev–Trinajstić information content (AvgIpc) is 2.52. The lowest BCUT2D eigenvalue weighted by Crippen LogP contribution is -2.50. The molecule has 0 N–H and O–H groups in total. The maximum atomic E-state index is 11.6. The lowest BCUT2D eigenvalue weighted by atomic mass is 10.1. The molecule has 0 amide bonds. The van der Waals surface area contributed by atoms with E-state index in [4.69, 9.17) is 24.2 Å². The third kappa shape index (κ3) is 7.21. The molecule has 6 nitrogen and oxygen atoms in total. The number of ether oxygens (including phenoxy) is 4. The van der Waals surface area contributed by atoms with Gasteiger partial charge in [-0.05, 0) is 12.8 Å². The number of hydrogen-bond acceptors (Lipinski definition) is 6. The largest absolute Gasteiger partial charge is 0.453 e. The van der Waals surface area contributed by atoms with Gasteiger partial charge in [0.15, 0.2) is 6.10 Å². The van der Waals surface area contributed by atoms with Crippen LogP contribution in [0.5, 0.6) is 0 Å². The number of nitriles is 1. The van der Waals surface area contributed by atoms with Crippen LogP contribution in [-0.2, 0) is 23.7 Å². The quantitative estimate of drug-likeness (QED) is 0.295. The minimum Gasteiger partial charge on any atom is -0.453 e. The molecule has 6 heteroatoms. The molecule has 0 aliphatic rings. The van der Waals surface area contributed by atoms with Crippen molar-refractivity contribution in [1.82, 2.24) is 0 Å². The van der Waals surface area contributed by atoms with E-state index in [-0.39, 0.29) is 6.42 Å². The number of rotatable bonds is 13. The van der Waals surface area contributed by atoms with Crippen LogP contribution in [-0.4, -0.2) is 39.4 Å². The van der Waals surface area contributed by atoms with Crippen LogP contribution in [0, 0.1) is 11.3 Å². The highest BCUT2D eigenvalue weighted by atomic mass is 16.9. The van der Waals surface area contributed by atoms with Crippen LogP contribution in [0.15, 0.2) is 0 Å². The first-order valence-electron chi connectivity index (χ1n) is 7.82. The molecule has 0 aliphatic carbocycles. The summed E-state index contributed by atoms with van der Waals surface area (Å²) < 4.78 is 21.1. The lowest BCUT2D eigenvalue weighted by Gasteiger charge is -2.35. The molecular formula is C16H29NO5. The van der Waals surface area contributed by atoms with Gasteiger partial charge in [0.1, 0.15) is 6.42 Å². The molecule has 1 unspecified atom stereocenters. The van der Waals surface area contributed by atoms with Crippen molar-refractivity contribution in [1.29, 1.82) is 5.26 Å². The Labute approximate surface area is 133 Å².